The van der Waals surface area contributed by atoms with E-state index in [9.17, 15) is 4.79 Å². The van der Waals surface area contributed by atoms with E-state index in [1.54, 1.807) is 6.92 Å². The summed E-state index contributed by atoms with van der Waals surface area (Å²) in [4.78, 5) is 11.1. The Labute approximate surface area is 89.4 Å². The summed E-state index contributed by atoms with van der Waals surface area (Å²) in [6.45, 7) is 4.32. The zero-order valence-electron chi connectivity index (χ0n) is 9.21. The number of hydrogen-bond donors (Lipinski definition) is 3. The average molecular weight is 210 g/mol. The van der Waals surface area contributed by atoms with Crippen LogP contribution >= 0.6 is 0 Å². The molecule has 5 heteroatoms. The van der Waals surface area contributed by atoms with Crippen LogP contribution in [-0.2, 0) is 11.2 Å². The highest BCUT2D eigenvalue weighted by Gasteiger charge is 2.05. The van der Waals surface area contributed by atoms with Crippen LogP contribution in [0.3, 0.4) is 0 Å². The first-order chi connectivity index (χ1) is 7.11. The third-order valence-electron chi connectivity index (χ3n) is 2.27. The quantitative estimate of drug-likeness (QED) is 0.603. The number of nitrogens with one attached hydrogen (secondary N) is 2. The molecular weight excluding hydrogens is 192 g/mol. The van der Waals surface area contributed by atoms with Gasteiger partial charge in [0.25, 0.3) is 0 Å². The molecule has 0 aliphatic rings. The highest BCUT2D eigenvalue weighted by atomic mass is 16.2. The van der Waals surface area contributed by atoms with Crippen LogP contribution in [0.5, 0.6) is 0 Å². The van der Waals surface area contributed by atoms with Crippen molar-refractivity contribution in [3.05, 3.63) is 17.5 Å². The predicted octanol–water partition coefficient (Wildman–Crippen LogP) is 0.114. The minimum Gasteiger partial charge on any atom is -0.355 e. The number of hydrogen-bond acceptors (Lipinski definition) is 3. The molecule has 1 rings (SSSR count). The Balaban J connectivity index is 2.18. The number of aromatic nitrogens is 2. The lowest BCUT2D eigenvalue weighted by Gasteiger charge is -2.06. The van der Waals surface area contributed by atoms with Crippen LogP contribution in [-0.4, -0.2) is 28.7 Å². The van der Waals surface area contributed by atoms with Crippen LogP contribution in [0.4, 0.5) is 0 Å². The molecule has 1 aromatic heterocycles. The molecule has 1 atom stereocenters. The predicted molar refractivity (Wildman–Crippen MR) is 58.3 cm³/mol. The van der Waals surface area contributed by atoms with Crippen LogP contribution < -0.4 is 11.1 Å². The number of carbonyl (C=O) groups excluding carboxylic acids is 1. The molecule has 0 saturated carbocycles. The van der Waals surface area contributed by atoms with Crippen molar-refractivity contribution in [3.8, 4) is 0 Å². The summed E-state index contributed by atoms with van der Waals surface area (Å²) in [7, 11) is 0. The molecule has 84 valence electrons. The number of H-pyrrole nitrogens is 1. The number of rotatable bonds is 5. The van der Waals surface area contributed by atoms with E-state index >= 15 is 0 Å². The van der Waals surface area contributed by atoms with Gasteiger partial charge in [-0.1, -0.05) is 0 Å². The standard InChI is InChI=1S/C10H18N4O/c1-7(11)10(15)12-5-3-4-9-6-13-14-8(9)2/h6-7H,3-5,11H2,1-2H3,(H,12,15)(H,13,14)/t7-/m0/s1. The monoisotopic (exact) mass is 210 g/mol. The van der Waals surface area contributed by atoms with E-state index in [0.717, 1.165) is 18.5 Å². The fraction of sp³-hybridized carbons (Fsp3) is 0.600. The fourth-order valence-corrected chi connectivity index (χ4v) is 1.28. The Hall–Kier alpha value is -1.36. The van der Waals surface area contributed by atoms with Crippen molar-refractivity contribution in [2.75, 3.05) is 6.54 Å². The molecule has 0 bridgehead atoms. The Morgan fingerprint density at radius 3 is 3.00 bits per heavy atom. The van der Waals surface area contributed by atoms with Crippen molar-refractivity contribution in [1.29, 1.82) is 0 Å². The Kier molecular flexibility index (Phi) is 4.30. The molecule has 0 spiro atoms. The largest absolute Gasteiger partial charge is 0.355 e. The maximum Gasteiger partial charge on any atom is 0.236 e. The van der Waals surface area contributed by atoms with Gasteiger partial charge in [-0.25, -0.2) is 0 Å². The minimum atomic E-state index is -0.430. The summed E-state index contributed by atoms with van der Waals surface area (Å²) in [5, 5.41) is 9.58. The number of amides is 1. The Morgan fingerprint density at radius 1 is 1.73 bits per heavy atom. The van der Waals surface area contributed by atoms with E-state index in [1.807, 2.05) is 13.1 Å². The van der Waals surface area contributed by atoms with Crippen molar-refractivity contribution in [3.63, 3.8) is 0 Å². The molecule has 0 unspecified atom stereocenters. The van der Waals surface area contributed by atoms with Gasteiger partial charge in [0.1, 0.15) is 0 Å². The molecule has 0 aliphatic carbocycles. The van der Waals surface area contributed by atoms with Crippen molar-refractivity contribution in [2.45, 2.75) is 32.7 Å². The van der Waals surface area contributed by atoms with E-state index < -0.39 is 6.04 Å². The molecule has 4 N–H and O–H groups in total. The maximum atomic E-state index is 11.1. The first-order valence-corrected chi connectivity index (χ1v) is 5.13. The van der Waals surface area contributed by atoms with E-state index in [0.29, 0.717) is 6.54 Å². The first kappa shape index (κ1) is 11.7. The lowest BCUT2D eigenvalue weighted by Crippen LogP contribution is -2.38. The van der Waals surface area contributed by atoms with Crippen LogP contribution in [0.2, 0.25) is 0 Å². The lowest BCUT2D eigenvalue weighted by atomic mass is 10.1. The van der Waals surface area contributed by atoms with E-state index in [1.165, 1.54) is 5.56 Å². The fourth-order valence-electron chi connectivity index (χ4n) is 1.28. The van der Waals surface area contributed by atoms with Gasteiger partial charge in [-0.05, 0) is 32.3 Å². The SMILES string of the molecule is Cc1[nH]ncc1CCCNC(=O)[C@H](C)N. The summed E-state index contributed by atoms with van der Waals surface area (Å²) in [6, 6.07) is -0.430. The molecule has 5 nitrogen and oxygen atoms in total. The summed E-state index contributed by atoms with van der Waals surface area (Å²) < 4.78 is 0. The van der Waals surface area contributed by atoms with Gasteiger partial charge >= 0.3 is 0 Å². The summed E-state index contributed by atoms with van der Waals surface area (Å²) in [5.41, 5.74) is 7.70. The number of carbonyl (C=O) groups is 1. The minimum absolute atomic E-state index is 0.0982. The second-order valence-electron chi connectivity index (χ2n) is 3.70. The first-order valence-electron chi connectivity index (χ1n) is 5.13. The number of aryl methyl sites for hydroxylation is 2. The normalized spacial score (nSPS) is 12.5. The molecule has 0 aromatic carbocycles. The highest BCUT2D eigenvalue weighted by molar-refractivity contribution is 5.80. The Bertz CT molecular complexity index is 319. The van der Waals surface area contributed by atoms with Gasteiger partial charge in [0.15, 0.2) is 0 Å². The molecule has 0 aliphatic heterocycles. The van der Waals surface area contributed by atoms with Crippen LogP contribution in [0.25, 0.3) is 0 Å². The van der Waals surface area contributed by atoms with Gasteiger partial charge in [-0.15, -0.1) is 0 Å². The summed E-state index contributed by atoms with van der Waals surface area (Å²) >= 11 is 0. The molecule has 1 aromatic rings. The summed E-state index contributed by atoms with van der Waals surface area (Å²) in [5.74, 6) is -0.0982. The average Bonchev–Trinajstić information content (AvgIpc) is 2.58. The van der Waals surface area contributed by atoms with Crippen molar-refractivity contribution in [1.82, 2.24) is 15.5 Å². The highest BCUT2D eigenvalue weighted by Crippen LogP contribution is 2.04. The molecule has 0 radical (unpaired) electrons. The number of nitrogens with zero attached hydrogens (tertiary/aromatic N) is 1. The van der Waals surface area contributed by atoms with Crippen molar-refractivity contribution < 1.29 is 4.79 Å². The summed E-state index contributed by atoms with van der Waals surface area (Å²) in [6.07, 6.45) is 3.64. The topological polar surface area (TPSA) is 83.8 Å². The van der Waals surface area contributed by atoms with Gasteiger partial charge in [-0.3, -0.25) is 9.89 Å². The van der Waals surface area contributed by atoms with Crippen molar-refractivity contribution >= 4 is 5.91 Å². The zero-order valence-corrected chi connectivity index (χ0v) is 9.21. The van der Waals surface area contributed by atoms with Gasteiger partial charge in [-0.2, -0.15) is 5.10 Å². The molecule has 0 saturated heterocycles. The molecule has 1 heterocycles. The van der Waals surface area contributed by atoms with Gasteiger partial charge in [0.05, 0.1) is 12.2 Å². The van der Waals surface area contributed by atoms with E-state index in [4.69, 9.17) is 5.73 Å². The molecule has 1 amide bonds. The molecule has 15 heavy (non-hydrogen) atoms. The van der Waals surface area contributed by atoms with Gasteiger partial charge < -0.3 is 11.1 Å². The third kappa shape index (κ3) is 3.71. The maximum absolute atomic E-state index is 11.1. The molecule has 0 fully saturated rings. The smallest absolute Gasteiger partial charge is 0.236 e. The van der Waals surface area contributed by atoms with E-state index in [-0.39, 0.29) is 5.91 Å². The second-order valence-corrected chi connectivity index (χ2v) is 3.70. The third-order valence-corrected chi connectivity index (χ3v) is 2.27. The lowest BCUT2D eigenvalue weighted by molar-refractivity contribution is -0.121. The molecular formula is C10H18N4O. The van der Waals surface area contributed by atoms with Crippen LogP contribution in [0.1, 0.15) is 24.6 Å². The van der Waals surface area contributed by atoms with Gasteiger partial charge in [0.2, 0.25) is 5.91 Å². The number of nitrogens with two attached hydrogens (primary N) is 1. The van der Waals surface area contributed by atoms with Crippen molar-refractivity contribution in [2.24, 2.45) is 5.73 Å². The van der Waals surface area contributed by atoms with Crippen LogP contribution in [0, 0.1) is 6.92 Å². The van der Waals surface area contributed by atoms with Gasteiger partial charge in [0, 0.05) is 12.2 Å². The zero-order chi connectivity index (χ0) is 11.3. The number of aromatic amines is 1. The second kappa shape index (κ2) is 5.50. The van der Waals surface area contributed by atoms with E-state index in [2.05, 4.69) is 15.5 Å². The Morgan fingerprint density at radius 2 is 2.47 bits per heavy atom. The van der Waals surface area contributed by atoms with Crippen LogP contribution in [0.15, 0.2) is 6.20 Å².